The molecule has 0 radical (unpaired) electrons. The van der Waals surface area contributed by atoms with Crippen molar-refractivity contribution < 1.29 is 0 Å². The van der Waals surface area contributed by atoms with E-state index in [4.69, 9.17) is 0 Å². The van der Waals surface area contributed by atoms with Crippen LogP contribution in [0.5, 0.6) is 0 Å². The Morgan fingerprint density at radius 3 is 3.22 bits per heavy atom. The number of rotatable bonds is 3. The second-order valence-electron chi connectivity index (χ2n) is 1.72. The second kappa shape index (κ2) is 3.90. The molecule has 0 aliphatic heterocycles. The third-order valence-electron chi connectivity index (χ3n) is 1.05. The van der Waals surface area contributed by atoms with Crippen molar-refractivity contribution in [3.8, 4) is 0 Å². The zero-order chi connectivity index (χ0) is 6.53. The molecule has 0 N–H and O–H groups in total. The highest BCUT2D eigenvalue weighted by Crippen LogP contribution is 2.04. The van der Waals surface area contributed by atoms with E-state index in [-0.39, 0.29) is 0 Å². The van der Waals surface area contributed by atoms with Crippen LogP contribution in [-0.2, 0) is 6.42 Å². The van der Waals surface area contributed by atoms with Crippen LogP contribution in [0.4, 0.5) is 0 Å². The molecule has 1 aromatic heterocycles. The Labute approximate surface area is 63.5 Å². The molecule has 50 valence electrons. The van der Waals surface area contributed by atoms with Gasteiger partial charge in [-0.1, -0.05) is 0 Å². The van der Waals surface area contributed by atoms with Crippen molar-refractivity contribution >= 4 is 23.1 Å². The maximum atomic E-state index is 4.16. The van der Waals surface area contributed by atoms with Gasteiger partial charge in [0.05, 0.1) is 11.2 Å². The zero-order valence-corrected chi connectivity index (χ0v) is 6.97. The average molecular weight is 159 g/mol. The number of aromatic nitrogens is 1. The Balaban J connectivity index is 2.30. The van der Waals surface area contributed by atoms with E-state index in [1.807, 2.05) is 17.3 Å². The van der Waals surface area contributed by atoms with Gasteiger partial charge in [-0.15, -0.1) is 11.3 Å². The minimum absolute atomic E-state index is 1.12. The van der Waals surface area contributed by atoms with Gasteiger partial charge in [-0.3, -0.25) is 0 Å². The summed E-state index contributed by atoms with van der Waals surface area (Å²) >= 11 is 3.53. The second-order valence-corrected chi connectivity index (χ2v) is 3.43. The SMILES string of the molecule is CSCCc1cscn1. The fourth-order valence-electron chi connectivity index (χ4n) is 0.568. The molecule has 0 unspecified atom stereocenters. The van der Waals surface area contributed by atoms with E-state index >= 15 is 0 Å². The van der Waals surface area contributed by atoms with E-state index in [1.165, 1.54) is 11.4 Å². The minimum atomic E-state index is 1.12. The van der Waals surface area contributed by atoms with Crippen LogP contribution in [0, 0.1) is 0 Å². The zero-order valence-electron chi connectivity index (χ0n) is 5.33. The molecule has 1 rings (SSSR count). The minimum Gasteiger partial charge on any atom is -0.250 e. The van der Waals surface area contributed by atoms with Crippen LogP contribution in [0.2, 0.25) is 0 Å². The maximum Gasteiger partial charge on any atom is 0.0794 e. The van der Waals surface area contributed by atoms with Crippen LogP contribution in [0.3, 0.4) is 0 Å². The van der Waals surface area contributed by atoms with Gasteiger partial charge >= 0.3 is 0 Å². The van der Waals surface area contributed by atoms with E-state index in [1.54, 1.807) is 11.3 Å². The van der Waals surface area contributed by atoms with Gasteiger partial charge in [0.15, 0.2) is 0 Å². The van der Waals surface area contributed by atoms with Gasteiger partial charge in [0, 0.05) is 5.38 Å². The van der Waals surface area contributed by atoms with Gasteiger partial charge in [0.25, 0.3) is 0 Å². The van der Waals surface area contributed by atoms with Gasteiger partial charge < -0.3 is 0 Å². The van der Waals surface area contributed by atoms with Crippen molar-refractivity contribution in [3.63, 3.8) is 0 Å². The van der Waals surface area contributed by atoms with E-state index in [9.17, 15) is 0 Å². The molecule has 0 aliphatic rings. The van der Waals surface area contributed by atoms with Crippen LogP contribution in [0.25, 0.3) is 0 Å². The van der Waals surface area contributed by atoms with Crippen molar-refractivity contribution in [1.82, 2.24) is 4.98 Å². The Morgan fingerprint density at radius 1 is 1.78 bits per heavy atom. The molecular weight excluding hydrogens is 150 g/mol. The first-order valence-corrected chi connectivity index (χ1v) is 5.13. The summed E-state index contributed by atoms with van der Waals surface area (Å²) in [7, 11) is 0. The van der Waals surface area contributed by atoms with Crippen LogP contribution in [-0.4, -0.2) is 17.0 Å². The van der Waals surface area contributed by atoms with E-state index in [2.05, 4.69) is 16.6 Å². The molecule has 0 aliphatic carbocycles. The highest BCUT2D eigenvalue weighted by atomic mass is 32.2. The summed E-state index contributed by atoms with van der Waals surface area (Å²) in [5, 5.41) is 2.11. The van der Waals surface area contributed by atoms with E-state index in [0.29, 0.717) is 0 Å². The number of hydrogen-bond acceptors (Lipinski definition) is 3. The lowest BCUT2D eigenvalue weighted by Crippen LogP contribution is -1.85. The van der Waals surface area contributed by atoms with Crippen molar-refractivity contribution in [2.24, 2.45) is 0 Å². The van der Waals surface area contributed by atoms with Gasteiger partial charge in [-0.2, -0.15) is 11.8 Å². The van der Waals surface area contributed by atoms with Crippen LogP contribution < -0.4 is 0 Å². The summed E-state index contributed by atoms with van der Waals surface area (Å²) < 4.78 is 0. The molecule has 0 saturated carbocycles. The number of thiazole rings is 1. The molecule has 1 aromatic rings. The third-order valence-corrected chi connectivity index (χ3v) is 2.29. The smallest absolute Gasteiger partial charge is 0.0794 e. The molecule has 0 amide bonds. The number of aryl methyl sites for hydroxylation is 1. The molecule has 0 aromatic carbocycles. The lowest BCUT2D eigenvalue weighted by Gasteiger charge is -1.89. The molecule has 3 heteroatoms. The Hall–Kier alpha value is -0.0200. The number of thioether (sulfide) groups is 1. The first-order valence-electron chi connectivity index (χ1n) is 2.79. The molecule has 0 saturated heterocycles. The Kier molecular flexibility index (Phi) is 3.08. The predicted octanol–water partition coefficient (Wildman–Crippen LogP) is 2.05. The first-order chi connectivity index (χ1) is 4.43. The van der Waals surface area contributed by atoms with Crippen molar-refractivity contribution in [3.05, 3.63) is 16.6 Å². The normalized spacial score (nSPS) is 9.89. The van der Waals surface area contributed by atoms with Crippen LogP contribution in [0.1, 0.15) is 5.69 Å². The molecule has 9 heavy (non-hydrogen) atoms. The molecule has 0 atom stereocenters. The first kappa shape index (κ1) is 7.09. The topological polar surface area (TPSA) is 12.9 Å². The Bertz CT molecular complexity index is 148. The standard InChI is InChI=1S/C6H9NS2/c1-8-3-2-6-4-9-5-7-6/h4-5H,2-3H2,1H3. The third kappa shape index (κ3) is 2.37. The van der Waals surface area contributed by atoms with Crippen molar-refractivity contribution in [1.29, 1.82) is 0 Å². The van der Waals surface area contributed by atoms with Crippen molar-refractivity contribution in [2.45, 2.75) is 6.42 Å². The van der Waals surface area contributed by atoms with Crippen LogP contribution >= 0.6 is 23.1 Å². The van der Waals surface area contributed by atoms with Crippen molar-refractivity contribution in [2.75, 3.05) is 12.0 Å². The molecule has 1 heterocycles. The average Bonchev–Trinajstić information content (AvgIpc) is 2.34. The Morgan fingerprint density at radius 2 is 2.67 bits per heavy atom. The predicted molar refractivity (Wildman–Crippen MR) is 44.2 cm³/mol. The van der Waals surface area contributed by atoms with E-state index in [0.717, 1.165) is 6.42 Å². The van der Waals surface area contributed by atoms with Gasteiger partial charge in [-0.25, -0.2) is 4.98 Å². The fourth-order valence-corrected chi connectivity index (χ4v) is 1.57. The summed E-state index contributed by atoms with van der Waals surface area (Å²) in [5.41, 5.74) is 3.12. The van der Waals surface area contributed by atoms with Gasteiger partial charge in [-0.05, 0) is 18.4 Å². The molecule has 1 nitrogen and oxygen atoms in total. The number of nitrogens with zero attached hydrogens (tertiary/aromatic N) is 1. The highest BCUT2D eigenvalue weighted by Gasteiger charge is 1.91. The summed E-state index contributed by atoms with van der Waals surface area (Å²) in [6, 6.07) is 0. The molecule has 0 fully saturated rings. The lowest BCUT2D eigenvalue weighted by molar-refractivity contribution is 1.08. The van der Waals surface area contributed by atoms with Gasteiger partial charge in [0.2, 0.25) is 0 Å². The monoisotopic (exact) mass is 159 g/mol. The van der Waals surface area contributed by atoms with Gasteiger partial charge in [0.1, 0.15) is 0 Å². The number of hydrogen-bond donors (Lipinski definition) is 0. The summed E-state index contributed by atoms with van der Waals surface area (Å²) in [5.74, 6) is 1.18. The molecule has 0 spiro atoms. The summed E-state index contributed by atoms with van der Waals surface area (Å²) in [6.45, 7) is 0. The highest BCUT2D eigenvalue weighted by molar-refractivity contribution is 7.98. The van der Waals surface area contributed by atoms with E-state index < -0.39 is 0 Å². The molecule has 0 bridgehead atoms. The summed E-state index contributed by atoms with van der Waals surface area (Å²) in [4.78, 5) is 4.16. The summed E-state index contributed by atoms with van der Waals surface area (Å²) in [6.07, 6.45) is 3.23. The van der Waals surface area contributed by atoms with Crippen LogP contribution in [0.15, 0.2) is 10.9 Å². The largest absolute Gasteiger partial charge is 0.250 e. The lowest BCUT2D eigenvalue weighted by atomic mass is 10.4. The molecular formula is C6H9NS2. The maximum absolute atomic E-state index is 4.16. The fraction of sp³-hybridized carbons (Fsp3) is 0.500. The quantitative estimate of drug-likeness (QED) is 0.669.